The molecule has 5 heteroatoms. The Bertz CT molecular complexity index is 214. The molecule has 1 saturated heterocycles. The van der Waals surface area contributed by atoms with Crippen LogP contribution in [0.1, 0.15) is 13.3 Å². The molecule has 0 saturated carbocycles. The number of rotatable bonds is 4. The molecule has 1 aliphatic heterocycles. The Hall–Kier alpha value is 0.570. The first-order chi connectivity index (χ1) is 6.83. The number of ether oxygens (including phenoxy) is 3. The molecule has 1 rings (SSSR count). The van der Waals surface area contributed by atoms with Gasteiger partial charge in [-0.3, -0.25) is 0 Å². The van der Waals surface area contributed by atoms with Crippen molar-refractivity contribution in [3.05, 3.63) is 0 Å². The largest absolute Gasteiger partial charge is 1.00 e. The lowest BCUT2D eigenvalue weighted by Gasteiger charge is -2.28. The highest BCUT2D eigenvalue weighted by Crippen LogP contribution is 2.34. The number of nitrogens with zero attached hydrogens (tertiary/aromatic N) is 1. The fourth-order valence-electron chi connectivity index (χ4n) is 2.22. The zero-order chi connectivity index (χ0) is 11.7. The van der Waals surface area contributed by atoms with Crippen LogP contribution < -0.4 is 24.0 Å². The average molecular weight is 345 g/mol. The van der Waals surface area contributed by atoms with Gasteiger partial charge in [0.05, 0.1) is 21.1 Å². The quantitative estimate of drug-likeness (QED) is 0.331. The van der Waals surface area contributed by atoms with Crippen LogP contribution in [0.3, 0.4) is 0 Å². The fraction of sp³-hybridized carbons (Fsp3) is 1.00. The van der Waals surface area contributed by atoms with E-state index < -0.39 is 5.79 Å². The third kappa shape index (κ3) is 3.80. The zero-order valence-corrected chi connectivity index (χ0v) is 13.3. The first-order valence-electron chi connectivity index (χ1n) is 5.39. The van der Waals surface area contributed by atoms with Crippen LogP contribution in [0.2, 0.25) is 0 Å². The topological polar surface area (TPSA) is 27.7 Å². The second-order valence-electron chi connectivity index (χ2n) is 5.30. The van der Waals surface area contributed by atoms with Crippen molar-refractivity contribution in [1.29, 1.82) is 0 Å². The van der Waals surface area contributed by atoms with Crippen LogP contribution in [-0.4, -0.2) is 64.4 Å². The minimum absolute atomic E-state index is 0. The lowest BCUT2D eigenvalue weighted by molar-refractivity contribution is -0.873. The Morgan fingerprint density at radius 2 is 1.75 bits per heavy atom. The number of hydrogen-bond acceptors (Lipinski definition) is 3. The van der Waals surface area contributed by atoms with Gasteiger partial charge in [-0.05, 0) is 6.92 Å². The highest BCUT2D eigenvalue weighted by Gasteiger charge is 2.48. The van der Waals surface area contributed by atoms with E-state index in [-0.39, 0.29) is 36.2 Å². The monoisotopic (exact) mass is 345 g/mol. The summed E-state index contributed by atoms with van der Waals surface area (Å²) < 4.78 is 17.7. The summed E-state index contributed by atoms with van der Waals surface area (Å²) in [6.45, 7) is 2.97. The summed E-state index contributed by atoms with van der Waals surface area (Å²) >= 11 is 0. The molecule has 0 aromatic carbocycles. The van der Waals surface area contributed by atoms with Gasteiger partial charge < -0.3 is 42.7 Å². The van der Waals surface area contributed by atoms with Crippen LogP contribution in [0.4, 0.5) is 0 Å². The Kier molecular flexibility index (Phi) is 6.16. The smallest absolute Gasteiger partial charge is 0.196 e. The van der Waals surface area contributed by atoms with Crippen molar-refractivity contribution in [2.75, 3.05) is 41.9 Å². The molecule has 0 radical (unpaired) electrons. The number of methoxy groups -OCH3 is 2. The summed E-state index contributed by atoms with van der Waals surface area (Å²) in [4.78, 5) is 0. The Morgan fingerprint density at radius 1 is 1.25 bits per heavy atom. The van der Waals surface area contributed by atoms with Crippen molar-refractivity contribution >= 4 is 0 Å². The van der Waals surface area contributed by atoms with Gasteiger partial charge in [-0.15, -0.1) is 0 Å². The number of quaternary nitrogens is 1. The molecule has 2 atom stereocenters. The van der Waals surface area contributed by atoms with Crippen molar-refractivity contribution in [2.24, 2.45) is 0 Å². The lowest BCUT2D eigenvalue weighted by Crippen LogP contribution is -3.00. The highest BCUT2D eigenvalue weighted by molar-refractivity contribution is 4.88. The van der Waals surface area contributed by atoms with E-state index in [0.717, 1.165) is 17.4 Å². The molecule has 0 aromatic rings. The van der Waals surface area contributed by atoms with Crippen molar-refractivity contribution in [3.8, 4) is 0 Å². The van der Waals surface area contributed by atoms with E-state index in [1.54, 1.807) is 14.2 Å². The number of hydrogen-bond donors (Lipinski definition) is 0. The molecule has 98 valence electrons. The maximum absolute atomic E-state index is 5.87. The van der Waals surface area contributed by atoms with Crippen LogP contribution in [0.25, 0.3) is 0 Å². The standard InChI is InChI=1S/C11H24NO3.HI/c1-9-11(13-5,14-6)7-10(15-9)8-12(2,3)4;/h9-10H,7-8H2,1-6H3;1H/q+1;/p-1. The molecular weight excluding hydrogens is 321 g/mol. The highest BCUT2D eigenvalue weighted by atomic mass is 127. The van der Waals surface area contributed by atoms with Crippen molar-refractivity contribution in [1.82, 2.24) is 0 Å². The minimum Gasteiger partial charge on any atom is -1.00 e. The van der Waals surface area contributed by atoms with Crippen LogP contribution in [0.5, 0.6) is 0 Å². The van der Waals surface area contributed by atoms with Crippen LogP contribution in [0, 0.1) is 0 Å². The molecule has 0 amide bonds. The van der Waals surface area contributed by atoms with Gasteiger partial charge in [0.1, 0.15) is 18.8 Å². The minimum atomic E-state index is -0.556. The first kappa shape index (κ1) is 16.6. The van der Waals surface area contributed by atoms with Crippen LogP contribution >= 0.6 is 0 Å². The van der Waals surface area contributed by atoms with E-state index in [4.69, 9.17) is 14.2 Å². The fourth-order valence-corrected chi connectivity index (χ4v) is 2.22. The predicted molar refractivity (Wildman–Crippen MR) is 58.6 cm³/mol. The normalized spacial score (nSPS) is 28.9. The maximum Gasteiger partial charge on any atom is 0.196 e. The first-order valence-corrected chi connectivity index (χ1v) is 5.39. The molecule has 0 aliphatic carbocycles. The zero-order valence-electron chi connectivity index (χ0n) is 11.1. The molecule has 1 aliphatic rings. The van der Waals surface area contributed by atoms with E-state index in [1.165, 1.54) is 0 Å². The Balaban J connectivity index is 0.00000225. The van der Waals surface area contributed by atoms with Crippen molar-refractivity contribution < 1.29 is 42.7 Å². The number of likely N-dealkylation sites (N-methyl/N-ethyl adjacent to an activating group) is 1. The molecule has 2 unspecified atom stereocenters. The summed E-state index contributed by atoms with van der Waals surface area (Å²) in [6, 6.07) is 0. The van der Waals surface area contributed by atoms with Crippen LogP contribution in [0.15, 0.2) is 0 Å². The lowest BCUT2D eigenvalue weighted by atomic mass is 10.1. The summed E-state index contributed by atoms with van der Waals surface area (Å²) in [5.74, 6) is -0.556. The third-order valence-corrected chi connectivity index (χ3v) is 2.97. The van der Waals surface area contributed by atoms with Gasteiger partial charge in [0.15, 0.2) is 5.79 Å². The average Bonchev–Trinajstić information content (AvgIpc) is 2.40. The molecule has 0 N–H and O–H groups in total. The van der Waals surface area contributed by atoms with E-state index >= 15 is 0 Å². The molecule has 1 heterocycles. The SMILES string of the molecule is COC1(OC)CC(C[N+](C)(C)C)OC1C.[I-]. The summed E-state index contributed by atoms with van der Waals surface area (Å²) in [5.41, 5.74) is 0. The van der Waals surface area contributed by atoms with Gasteiger partial charge in [-0.25, -0.2) is 0 Å². The van der Waals surface area contributed by atoms with Crippen LogP contribution in [-0.2, 0) is 14.2 Å². The molecular formula is C11H24INO3. The third-order valence-electron chi connectivity index (χ3n) is 2.97. The molecule has 4 nitrogen and oxygen atoms in total. The summed E-state index contributed by atoms with van der Waals surface area (Å²) in [7, 11) is 9.84. The molecule has 1 fully saturated rings. The van der Waals surface area contributed by atoms with Gasteiger partial charge in [0.25, 0.3) is 0 Å². The summed E-state index contributed by atoms with van der Waals surface area (Å²) in [5, 5.41) is 0. The van der Waals surface area contributed by atoms with Crippen molar-refractivity contribution in [2.45, 2.75) is 31.3 Å². The molecule has 0 aromatic heterocycles. The Morgan fingerprint density at radius 3 is 2.06 bits per heavy atom. The number of halogens is 1. The molecule has 16 heavy (non-hydrogen) atoms. The van der Waals surface area contributed by atoms with Gasteiger partial charge in [0, 0.05) is 20.6 Å². The van der Waals surface area contributed by atoms with Crippen molar-refractivity contribution in [3.63, 3.8) is 0 Å². The second kappa shape index (κ2) is 5.95. The van der Waals surface area contributed by atoms with E-state index in [9.17, 15) is 0 Å². The van der Waals surface area contributed by atoms with Gasteiger partial charge >= 0.3 is 0 Å². The van der Waals surface area contributed by atoms with Gasteiger partial charge in [-0.2, -0.15) is 0 Å². The van der Waals surface area contributed by atoms with Gasteiger partial charge in [0.2, 0.25) is 0 Å². The Labute approximate surface area is 116 Å². The van der Waals surface area contributed by atoms with E-state index in [2.05, 4.69) is 21.1 Å². The maximum atomic E-state index is 5.87. The van der Waals surface area contributed by atoms with E-state index in [0.29, 0.717) is 0 Å². The predicted octanol–water partition coefficient (Wildman–Crippen LogP) is -2.14. The van der Waals surface area contributed by atoms with Gasteiger partial charge in [-0.1, -0.05) is 0 Å². The van der Waals surface area contributed by atoms with E-state index in [1.807, 2.05) is 6.92 Å². The molecule has 0 spiro atoms. The summed E-state index contributed by atoms with van der Waals surface area (Å²) in [6.07, 6.45) is 1.00. The second-order valence-corrected chi connectivity index (χ2v) is 5.30. The molecule has 0 bridgehead atoms.